The van der Waals surface area contributed by atoms with E-state index in [-0.39, 0.29) is 0 Å². The van der Waals surface area contributed by atoms with Gasteiger partial charge in [0.25, 0.3) is 0 Å². The van der Waals surface area contributed by atoms with Crippen LogP contribution in [0.3, 0.4) is 0 Å². The summed E-state index contributed by atoms with van der Waals surface area (Å²) < 4.78 is 11.1. The lowest BCUT2D eigenvalue weighted by molar-refractivity contribution is 0.225. The van der Waals surface area contributed by atoms with Gasteiger partial charge in [-0.25, -0.2) is 0 Å². The Kier molecular flexibility index (Phi) is 4.35. The number of hydrogen-bond donors (Lipinski definition) is 1. The quantitative estimate of drug-likeness (QED) is 0.847. The van der Waals surface area contributed by atoms with Gasteiger partial charge in [-0.05, 0) is 18.2 Å². The summed E-state index contributed by atoms with van der Waals surface area (Å²) in [6, 6.07) is 12.2. The molecule has 0 radical (unpaired) electrons. The predicted octanol–water partition coefficient (Wildman–Crippen LogP) is 2.26. The first-order valence-corrected chi connectivity index (χ1v) is 7.08. The van der Waals surface area contributed by atoms with Gasteiger partial charge < -0.3 is 14.5 Å². The highest BCUT2D eigenvalue weighted by atomic mass is 16.5. The van der Waals surface area contributed by atoms with Crippen LogP contribution in [0, 0.1) is 0 Å². The molecule has 1 aromatic carbocycles. The Balaban J connectivity index is 1.46. The molecular weight excluding hydrogens is 252 g/mol. The number of ether oxygens (including phenoxy) is 1. The van der Waals surface area contributed by atoms with Gasteiger partial charge in [-0.3, -0.25) is 4.90 Å². The lowest BCUT2D eigenvalue weighted by atomic mass is 10.2. The molecule has 20 heavy (non-hydrogen) atoms. The first kappa shape index (κ1) is 13.2. The zero-order chi connectivity index (χ0) is 13.6. The fraction of sp³-hybridized carbons (Fsp3) is 0.375. The maximum absolute atomic E-state index is 5.77. The lowest BCUT2D eigenvalue weighted by Gasteiger charge is -2.19. The fourth-order valence-corrected chi connectivity index (χ4v) is 2.43. The third-order valence-corrected chi connectivity index (χ3v) is 3.52. The van der Waals surface area contributed by atoms with Crippen molar-refractivity contribution in [2.24, 2.45) is 0 Å². The highest BCUT2D eigenvalue weighted by Gasteiger charge is 2.14. The topological polar surface area (TPSA) is 37.6 Å². The number of fused-ring (bicyclic) bond motifs is 1. The molecular formula is C16H20N2O2. The van der Waals surface area contributed by atoms with Gasteiger partial charge >= 0.3 is 0 Å². The van der Waals surface area contributed by atoms with Crippen molar-refractivity contribution in [3.63, 3.8) is 0 Å². The molecule has 0 aliphatic carbocycles. The minimum atomic E-state index is 0.759. The first-order valence-electron chi connectivity index (χ1n) is 7.08. The number of nitrogens with zero attached hydrogens (tertiary/aromatic N) is 1. The summed E-state index contributed by atoms with van der Waals surface area (Å²) in [6.45, 7) is 5.43. The number of hydrogen-bond acceptors (Lipinski definition) is 4. The highest BCUT2D eigenvalue weighted by molar-refractivity contribution is 5.33. The van der Waals surface area contributed by atoms with Gasteiger partial charge in [0.1, 0.15) is 18.1 Å². The van der Waals surface area contributed by atoms with Crippen molar-refractivity contribution in [2.75, 3.05) is 26.2 Å². The first-order chi connectivity index (χ1) is 9.92. The molecule has 1 N–H and O–H groups in total. The molecule has 0 saturated carbocycles. The van der Waals surface area contributed by atoms with E-state index in [0.29, 0.717) is 0 Å². The molecule has 1 aliphatic heterocycles. The number of benzene rings is 1. The van der Waals surface area contributed by atoms with E-state index >= 15 is 0 Å². The standard InChI is InChI=1S/C16H20N2O2/c1-2-6-16-14(4-1)13-18(9-11-20-16)8-7-17-12-15-5-3-10-19-15/h1-6,10,17H,7-9,11-13H2. The summed E-state index contributed by atoms with van der Waals surface area (Å²) in [6.07, 6.45) is 1.71. The Morgan fingerprint density at radius 1 is 1.15 bits per heavy atom. The van der Waals surface area contributed by atoms with Gasteiger partial charge in [0.05, 0.1) is 12.8 Å². The van der Waals surface area contributed by atoms with Crippen LogP contribution in [0.5, 0.6) is 5.75 Å². The molecule has 0 spiro atoms. The molecule has 0 saturated heterocycles. The molecule has 0 unspecified atom stereocenters. The summed E-state index contributed by atoms with van der Waals surface area (Å²) in [5.74, 6) is 2.01. The molecule has 1 aromatic heterocycles. The Labute approximate surface area is 119 Å². The van der Waals surface area contributed by atoms with Crippen LogP contribution in [0.1, 0.15) is 11.3 Å². The number of para-hydroxylation sites is 1. The van der Waals surface area contributed by atoms with Crippen LogP contribution in [0.15, 0.2) is 47.1 Å². The molecule has 106 valence electrons. The summed E-state index contributed by atoms with van der Waals surface area (Å²) in [7, 11) is 0. The van der Waals surface area contributed by atoms with E-state index in [4.69, 9.17) is 9.15 Å². The third kappa shape index (κ3) is 3.40. The van der Waals surface area contributed by atoms with Gasteiger partial charge in [-0.2, -0.15) is 0 Å². The molecule has 0 bridgehead atoms. The van der Waals surface area contributed by atoms with E-state index in [1.54, 1.807) is 6.26 Å². The molecule has 4 heteroatoms. The molecule has 2 heterocycles. The van der Waals surface area contributed by atoms with Crippen molar-refractivity contribution in [1.82, 2.24) is 10.2 Å². The highest BCUT2D eigenvalue weighted by Crippen LogP contribution is 2.21. The molecule has 1 aliphatic rings. The second-order valence-electron chi connectivity index (χ2n) is 4.99. The average Bonchev–Trinajstić information content (AvgIpc) is 2.89. The van der Waals surface area contributed by atoms with E-state index in [9.17, 15) is 0 Å². The summed E-state index contributed by atoms with van der Waals surface area (Å²) >= 11 is 0. The van der Waals surface area contributed by atoms with Crippen LogP contribution in [-0.4, -0.2) is 31.1 Å². The maximum Gasteiger partial charge on any atom is 0.123 e. The third-order valence-electron chi connectivity index (χ3n) is 3.52. The Hall–Kier alpha value is -1.78. The molecule has 0 amide bonds. The van der Waals surface area contributed by atoms with Crippen LogP contribution in [-0.2, 0) is 13.1 Å². The van der Waals surface area contributed by atoms with Gasteiger partial charge in [0, 0.05) is 31.7 Å². The van der Waals surface area contributed by atoms with Crippen molar-refractivity contribution < 1.29 is 9.15 Å². The monoisotopic (exact) mass is 272 g/mol. The average molecular weight is 272 g/mol. The van der Waals surface area contributed by atoms with Crippen molar-refractivity contribution >= 4 is 0 Å². The van der Waals surface area contributed by atoms with Crippen molar-refractivity contribution in [3.8, 4) is 5.75 Å². The minimum absolute atomic E-state index is 0.759. The smallest absolute Gasteiger partial charge is 0.123 e. The maximum atomic E-state index is 5.77. The van der Waals surface area contributed by atoms with Gasteiger partial charge in [-0.1, -0.05) is 18.2 Å². The van der Waals surface area contributed by atoms with Crippen LogP contribution in [0.2, 0.25) is 0 Å². The number of nitrogens with one attached hydrogen (secondary N) is 1. The molecule has 0 fully saturated rings. The Morgan fingerprint density at radius 2 is 2.10 bits per heavy atom. The molecule has 3 rings (SSSR count). The predicted molar refractivity (Wildman–Crippen MR) is 77.6 cm³/mol. The Morgan fingerprint density at radius 3 is 3.00 bits per heavy atom. The Bertz CT molecular complexity index is 525. The zero-order valence-corrected chi connectivity index (χ0v) is 11.5. The lowest BCUT2D eigenvalue weighted by Crippen LogP contribution is -2.33. The molecule has 2 aromatic rings. The van der Waals surface area contributed by atoms with E-state index in [1.807, 2.05) is 24.3 Å². The largest absolute Gasteiger partial charge is 0.492 e. The second kappa shape index (κ2) is 6.59. The van der Waals surface area contributed by atoms with E-state index in [1.165, 1.54) is 5.56 Å². The zero-order valence-electron chi connectivity index (χ0n) is 11.5. The van der Waals surface area contributed by atoms with Crippen LogP contribution in [0.4, 0.5) is 0 Å². The van der Waals surface area contributed by atoms with Crippen LogP contribution < -0.4 is 10.1 Å². The minimum Gasteiger partial charge on any atom is -0.492 e. The van der Waals surface area contributed by atoms with Gasteiger partial charge in [0.2, 0.25) is 0 Å². The van der Waals surface area contributed by atoms with Crippen molar-refractivity contribution in [1.29, 1.82) is 0 Å². The number of furan rings is 1. The van der Waals surface area contributed by atoms with Crippen LogP contribution in [0.25, 0.3) is 0 Å². The van der Waals surface area contributed by atoms with Crippen molar-refractivity contribution in [2.45, 2.75) is 13.1 Å². The SMILES string of the molecule is c1coc(CNCCN2CCOc3ccccc3C2)c1. The van der Waals surface area contributed by atoms with E-state index in [2.05, 4.69) is 22.3 Å². The molecule has 0 atom stereocenters. The van der Waals surface area contributed by atoms with Crippen LogP contribution >= 0.6 is 0 Å². The van der Waals surface area contributed by atoms with E-state index < -0.39 is 0 Å². The number of rotatable bonds is 5. The summed E-state index contributed by atoms with van der Waals surface area (Å²) in [4.78, 5) is 2.42. The summed E-state index contributed by atoms with van der Waals surface area (Å²) in [5.41, 5.74) is 1.27. The van der Waals surface area contributed by atoms with E-state index in [0.717, 1.165) is 50.8 Å². The van der Waals surface area contributed by atoms with Gasteiger partial charge in [0.15, 0.2) is 0 Å². The normalized spacial score (nSPS) is 15.4. The summed E-state index contributed by atoms with van der Waals surface area (Å²) in [5, 5.41) is 3.40. The van der Waals surface area contributed by atoms with Crippen molar-refractivity contribution in [3.05, 3.63) is 54.0 Å². The fourth-order valence-electron chi connectivity index (χ4n) is 2.43. The molecule has 4 nitrogen and oxygen atoms in total. The second-order valence-corrected chi connectivity index (χ2v) is 4.99. The van der Waals surface area contributed by atoms with Gasteiger partial charge in [-0.15, -0.1) is 0 Å².